The molecular formula is C10H14N2O4. The molecule has 0 saturated heterocycles. The van der Waals surface area contributed by atoms with E-state index >= 15 is 0 Å². The molecule has 0 bridgehead atoms. The number of carbonyl (C=O) groups is 2. The average molecular weight is 226 g/mol. The Balaban J connectivity index is 2.73. The molecule has 0 unspecified atom stereocenters. The Bertz CT molecular complexity index is 293. The fourth-order valence-electron chi connectivity index (χ4n) is 1.08. The van der Waals surface area contributed by atoms with Crippen LogP contribution in [-0.4, -0.2) is 35.4 Å². The highest BCUT2D eigenvalue weighted by Crippen LogP contribution is 2.10. The molecule has 6 heteroatoms. The summed E-state index contributed by atoms with van der Waals surface area (Å²) < 4.78 is 9.58. The highest BCUT2D eigenvalue weighted by Gasteiger charge is 2.25. The average Bonchev–Trinajstić information content (AvgIpc) is 2.30. The van der Waals surface area contributed by atoms with E-state index in [0.717, 1.165) is 10.0 Å². The molecule has 1 aliphatic heterocycles. The van der Waals surface area contributed by atoms with Crippen LogP contribution < -0.4 is 0 Å². The summed E-state index contributed by atoms with van der Waals surface area (Å²) in [5, 5.41) is 2.09. The smallest absolute Gasteiger partial charge is 0.433 e. The minimum absolute atomic E-state index is 0.240. The zero-order valence-electron chi connectivity index (χ0n) is 9.25. The van der Waals surface area contributed by atoms with Crippen molar-refractivity contribution in [3.8, 4) is 0 Å². The van der Waals surface area contributed by atoms with Crippen LogP contribution in [0.1, 0.15) is 13.8 Å². The number of hydrazine groups is 1. The topological polar surface area (TPSA) is 59.1 Å². The standard InChI is InChI=1S/C10H14N2O4/c1-3-15-9(13)11-7-5-6-8-12(11)10(14)16-4-2/h5-8H,3-4H2,1-2H3. The van der Waals surface area contributed by atoms with Gasteiger partial charge in [-0.05, 0) is 26.0 Å². The number of carbonyl (C=O) groups excluding carboxylic acids is 2. The molecular weight excluding hydrogens is 212 g/mol. The van der Waals surface area contributed by atoms with Crippen LogP contribution in [0.4, 0.5) is 9.59 Å². The molecule has 0 saturated carbocycles. The van der Waals surface area contributed by atoms with Crippen LogP contribution in [0.25, 0.3) is 0 Å². The summed E-state index contributed by atoms with van der Waals surface area (Å²) in [6, 6.07) is 0. The summed E-state index contributed by atoms with van der Waals surface area (Å²) in [6.07, 6.45) is 4.83. The van der Waals surface area contributed by atoms with Crippen LogP contribution in [0.2, 0.25) is 0 Å². The maximum absolute atomic E-state index is 11.5. The van der Waals surface area contributed by atoms with Gasteiger partial charge in [0.1, 0.15) is 0 Å². The lowest BCUT2D eigenvalue weighted by molar-refractivity contribution is 0.0305. The SMILES string of the molecule is CCOC(=O)N1C=CC=CN1C(=O)OCC. The van der Waals surface area contributed by atoms with E-state index < -0.39 is 12.2 Å². The Morgan fingerprint density at radius 1 is 0.938 bits per heavy atom. The number of hydrogen-bond acceptors (Lipinski definition) is 4. The third kappa shape index (κ3) is 2.75. The van der Waals surface area contributed by atoms with Crippen molar-refractivity contribution in [2.45, 2.75) is 13.8 Å². The molecule has 16 heavy (non-hydrogen) atoms. The molecule has 0 aliphatic carbocycles. The summed E-state index contributed by atoms with van der Waals surface area (Å²) in [4.78, 5) is 23.0. The van der Waals surface area contributed by atoms with Gasteiger partial charge in [0.25, 0.3) is 0 Å². The van der Waals surface area contributed by atoms with Crippen LogP contribution >= 0.6 is 0 Å². The number of amides is 2. The van der Waals surface area contributed by atoms with Crippen molar-refractivity contribution in [2.24, 2.45) is 0 Å². The summed E-state index contributed by atoms with van der Waals surface area (Å²) >= 11 is 0. The highest BCUT2D eigenvalue weighted by atomic mass is 16.6. The first-order valence-electron chi connectivity index (χ1n) is 4.97. The first kappa shape index (κ1) is 12.1. The molecule has 0 aromatic carbocycles. The summed E-state index contributed by atoms with van der Waals surface area (Å²) in [5.41, 5.74) is 0. The van der Waals surface area contributed by atoms with Gasteiger partial charge in [-0.2, -0.15) is 10.0 Å². The Kier molecular flexibility index (Phi) is 4.38. The van der Waals surface area contributed by atoms with E-state index in [1.165, 1.54) is 12.4 Å². The lowest BCUT2D eigenvalue weighted by Gasteiger charge is -2.29. The van der Waals surface area contributed by atoms with E-state index in [-0.39, 0.29) is 13.2 Å². The second kappa shape index (κ2) is 5.79. The predicted octanol–water partition coefficient (Wildman–Crippen LogP) is 1.86. The van der Waals surface area contributed by atoms with E-state index in [1.807, 2.05) is 0 Å². The van der Waals surface area contributed by atoms with Crippen molar-refractivity contribution in [3.63, 3.8) is 0 Å². The van der Waals surface area contributed by atoms with Crippen molar-refractivity contribution < 1.29 is 19.1 Å². The third-order valence-corrected chi connectivity index (χ3v) is 1.71. The Labute approximate surface area is 93.7 Å². The van der Waals surface area contributed by atoms with Crippen molar-refractivity contribution >= 4 is 12.2 Å². The second-order valence-corrected chi connectivity index (χ2v) is 2.77. The van der Waals surface area contributed by atoms with Gasteiger partial charge in [0.2, 0.25) is 0 Å². The predicted molar refractivity (Wildman–Crippen MR) is 56.0 cm³/mol. The summed E-state index contributed by atoms with van der Waals surface area (Å²) in [6.45, 7) is 3.86. The van der Waals surface area contributed by atoms with Gasteiger partial charge in [-0.15, -0.1) is 0 Å². The molecule has 0 spiro atoms. The maximum Gasteiger partial charge on any atom is 0.433 e. The molecule has 0 fully saturated rings. The molecule has 1 rings (SSSR count). The number of ether oxygens (including phenoxy) is 2. The van der Waals surface area contributed by atoms with E-state index in [0.29, 0.717) is 0 Å². The zero-order valence-corrected chi connectivity index (χ0v) is 9.25. The van der Waals surface area contributed by atoms with Gasteiger partial charge >= 0.3 is 12.2 Å². The first-order chi connectivity index (χ1) is 7.70. The maximum atomic E-state index is 11.5. The minimum atomic E-state index is -0.629. The molecule has 1 heterocycles. The Morgan fingerprint density at radius 2 is 1.31 bits per heavy atom. The summed E-state index contributed by atoms with van der Waals surface area (Å²) in [7, 11) is 0. The lowest BCUT2D eigenvalue weighted by Crippen LogP contribution is -2.44. The number of rotatable bonds is 2. The second-order valence-electron chi connectivity index (χ2n) is 2.77. The van der Waals surface area contributed by atoms with Crippen LogP contribution in [0.15, 0.2) is 24.6 Å². The van der Waals surface area contributed by atoms with Gasteiger partial charge in [-0.3, -0.25) is 0 Å². The number of hydrogen-bond donors (Lipinski definition) is 0. The van der Waals surface area contributed by atoms with Gasteiger partial charge in [0.05, 0.1) is 13.2 Å². The fourth-order valence-corrected chi connectivity index (χ4v) is 1.08. The lowest BCUT2D eigenvalue weighted by atomic mass is 10.5. The molecule has 0 N–H and O–H groups in total. The summed E-state index contributed by atoms with van der Waals surface area (Å²) in [5.74, 6) is 0. The van der Waals surface area contributed by atoms with E-state index in [1.54, 1.807) is 26.0 Å². The first-order valence-corrected chi connectivity index (χ1v) is 4.97. The van der Waals surface area contributed by atoms with Crippen LogP contribution in [0.5, 0.6) is 0 Å². The van der Waals surface area contributed by atoms with Crippen LogP contribution in [-0.2, 0) is 9.47 Å². The molecule has 88 valence electrons. The van der Waals surface area contributed by atoms with Gasteiger partial charge in [-0.1, -0.05) is 0 Å². The minimum Gasteiger partial charge on any atom is -0.448 e. The fraction of sp³-hybridized carbons (Fsp3) is 0.400. The molecule has 0 atom stereocenters. The van der Waals surface area contributed by atoms with Crippen molar-refractivity contribution in [2.75, 3.05) is 13.2 Å². The van der Waals surface area contributed by atoms with Gasteiger partial charge in [0, 0.05) is 12.4 Å². The van der Waals surface area contributed by atoms with E-state index in [4.69, 9.17) is 9.47 Å². The molecule has 6 nitrogen and oxygen atoms in total. The van der Waals surface area contributed by atoms with Crippen LogP contribution in [0, 0.1) is 0 Å². The largest absolute Gasteiger partial charge is 0.448 e. The van der Waals surface area contributed by atoms with Crippen molar-refractivity contribution in [3.05, 3.63) is 24.6 Å². The van der Waals surface area contributed by atoms with Gasteiger partial charge < -0.3 is 9.47 Å². The van der Waals surface area contributed by atoms with Gasteiger partial charge in [-0.25, -0.2) is 9.59 Å². The van der Waals surface area contributed by atoms with Crippen LogP contribution in [0.3, 0.4) is 0 Å². The quantitative estimate of drug-likeness (QED) is 0.721. The Morgan fingerprint density at radius 3 is 1.62 bits per heavy atom. The molecule has 1 aliphatic rings. The van der Waals surface area contributed by atoms with Crippen molar-refractivity contribution in [1.29, 1.82) is 0 Å². The molecule has 0 radical (unpaired) electrons. The number of allylic oxidation sites excluding steroid dienone is 2. The van der Waals surface area contributed by atoms with E-state index in [9.17, 15) is 9.59 Å². The van der Waals surface area contributed by atoms with E-state index in [2.05, 4.69) is 0 Å². The Hall–Kier alpha value is -1.98. The molecule has 0 aromatic heterocycles. The van der Waals surface area contributed by atoms with Gasteiger partial charge in [0.15, 0.2) is 0 Å². The zero-order chi connectivity index (χ0) is 12.0. The third-order valence-electron chi connectivity index (χ3n) is 1.71. The number of nitrogens with zero attached hydrogens (tertiary/aromatic N) is 2. The highest BCUT2D eigenvalue weighted by molar-refractivity contribution is 5.76. The van der Waals surface area contributed by atoms with Crippen molar-refractivity contribution in [1.82, 2.24) is 10.0 Å². The monoisotopic (exact) mass is 226 g/mol. The molecule has 2 amide bonds. The normalized spacial score (nSPS) is 13.9. The molecule has 0 aromatic rings.